The van der Waals surface area contributed by atoms with E-state index in [-0.39, 0.29) is 16.8 Å². The number of hydrogen-bond donors (Lipinski definition) is 2. The topological polar surface area (TPSA) is 55.1 Å². The number of nitrogens with two attached hydrogens (primary N) is 1. The molecule has 0 aliphatic carbocycles. The molecule has 18 heavy (non-hydrogen) atoms. The van der Waals surface area contributed by atoms with E-state index in [2.05, 4.69) is 5.32 Å². The van der Waals surface area contributed by atoms with Crippen LogP contribution in [0.1, 0.15) is 30.9 Å². The van der Waals surface area contributed by atoms with Crippen LogP contribution in [0.5, 0.6) is 0 Å². The fourth-order valence-corrected chi connectivity index (χ4v) is 2.03. The molecule has 3 N–H and O–H groups in total. The minimum atomic E-state index is -0.353. The fraction of sp³-hybridized carbons (Fsp3) is 0.429. The highest BCUT2D eigenvalue weighted by Crippen LogP contribution is 2.09. The van der Waals surface area contributed by atoms with Crippen molar-refractivity contribution in [1.29, 1.82) is 0 Å². The average Bonchev–Trinajstić information content (AvgIpc) is 2.34. The Bertz CT molecular complexity index is 432. The molecular formula is C14H20N2OS. The fourth-order valence-electron chi connectivity index (χ4n) is 1.81. The van der Waals surface area contributed by atoms with Crippen LogP contribution in [0.3, 0.4) is 0 Å². The van der Waals surface area contributed by atoms with Gasteiger partial charge in [0.15, 0.2) is 0 Å². The maximum absolute atomic E-state index is 12.0. The van der Waals surface area contributed by atoms with E-state index in [0.29, 0.717) is 13.0 Å². The summed E-state index contributed by atoms with van der Waals surface area (Å²) in [7, 11) is 0. The summed E-state index contributed by atoms with van der Waals surface area (Å²) >= 11 is 4.93. The Morgan fingerprint density at radius 3 is 2.67 bits per heavy atom. The van der Waals surface area contributed by atoms with Crippen LogP contribution in [-0.4, -0.2) is 10.9 Å². The molecular weight excluding hydrogens is 244 g/mol. The molecule has 4 heteroatoms. The number of benzene rings is 1. The van der Waals surface area contributed by atoms with Gasteiger partial charge in [-0.2, -0.15) is 0 Å². The summed E-state index contributed by atoms with van der Waals surface area (Å²) in [5.41, 5.74) is 7.87. The highest BCUT2D eigenvalue weighted by Gasteiger charge is 2.19. The Kier molecular flexibility index (Phi) is 5.78. The molecule has 0 aromatic heterocycles. The van der Waals surface area contributed by atoms with Crippen LogP contribution in [-0.2, 0) is 11.3 Å². The van der Waals surface area contributed by atoms with Crippen LogP contribution in [0.4, 0.5) is 0 Å². The summed E-state index contributed by atoms with van der Waals surface area (Å²) in [5, 5.41) is 2.90. The number of carbonyl (C=O) groups is 1. The van der Waals surface area contributed by atoms with Crippen molar-refractivity contribution >= 4 is 23.1 Å². The van der Waals surface area contributed by atoms with Gasteiger partial charge in [0, 0.05) is 6.54 Å². The van der Waals surface area contributed by atoms with Gasteiger partial charge in [0.05, 0.1) is 10.9 Å². The number of rotatable bonds is 6. The van der Waals surface area contributed by atoms with Gasteiger partial charge in [0.1, 0.15) is 0 Å². The Hall–Kier alpha value is -1.42. The molecule has 1 amide bonds. The molecule has 0 radical (unpaired) electrons. The van der Waals surface area contributed by atoms with Crippen LogP contribution in [0.15, 0.2) is 24.3 Å². The van der Waals surface area contributed by atoms with Crippen LogP contribution in [0.25, 0.3) is 0 Å². The summed E-state index contributed by atoms with van der Waals surface area (Å²) in [4.78, 5) is 12.3. The third-order valence-electron chi connectivity index (χ3n) is 2.95. The first-order chi connectivity index (χ1) is 8.56. The monoisotopic (exact) mass is 264 g/mol. The van der Waals surface area contributed by atoms with Crippen LogP contribution >= 0.6 is 12.2 Å². The van der Waals surface area contributed by atoms with Gasteiger partial charge in [-0.25, -0.2) is 0 Å². The van der Waals surface area contributed by atoms with Gasteiger partial charge in [0.2, 0.25) is 5.91 Å². The number of carbonyl (C=O) groups excluding carboxylic acids is 1. The highest BCUT2D eigenvalue weighted by atomic mass is 32.1. The van der Waals surface area contributed by atoms with Crippen molar-refractivity contribution in [3.63, 3.8) is 0 Å². The lowest BCUT2D eigenvalue weighted by atomic mass is 10.0. The zero-order chi connectivity index (χ0) is 13.5. The van der Waals surface area contributed by atoms with E-state index in [4.69, 9.17) is 18.0 Å². The molecule has 0 aliphatic heterocycles. The molecule has 1 aromatic carbocycles. The predicted octanol–water partition coefficient (Wildman–Crippen LogP) is 2.31. The van der Waals surface area contributed by atoms with Crippen molar-refractivity contribution in [2.75, 3.05) is 0 Å². The van der Waals surface area contributed by atoms with Crippen molar-refractivity contribution < 1.29 is 4.79 Å². The van der Waals surface area contributed by atoms with E-state index in [1.165, 1.54) is 5.56 Å². The number of hydrogen-bond acceptors (Lipinski definition) is 2. The summed E-state index contributed by atoms with van der Waals surface area (Å²) in [6.45, 7) is 4.56. The Balaban J connectivity index is 2.60. The van der Waals surface area contributed by atoms with E-state index in [1.54, 1.807) is 0 Å². The first-order valence-electron chi connectivity index (χ1n) is 6.17. The normalized spacial score (nSPS) is 11.9. The lowest BCUT2D eigenvalue weighted by Gasteiger charge is -2.15. The summed E-state index contributed by atoms with van der Waals surface area (Å²) < 4.78 is 0. The predicted molar refractivity (Wildman–Crippen MR) is 78.2 cm³/mol. The van der Waals surface area contributed by atoms with Gasteiger partial charge in [0.25, 0.3) is 0 Å². The van der Waals surface area contributed by atoms with Gasteiger partial charge in [-0.1, -0.05) is 49.8 Å². The lowest BCUT2D eigenvalue weighted by molar-refractivity contribution is -0.123. The first-order valence-corrected chi connectivity index (χ1v) is 6.58. The maximum atomic E-state index is 12.0. The molecule has 0 heterocycles. The van der Waals surface area contributed by atoms with Crippen molar-refractivity contribution in [2.24, 2.45) is 11.7 Å². The summed E-state index contributed by atoms with van der Waals surface area (Å²) in [6, 6.07) is 7.98. The Morgan fingerprint density at radius 1 is 1.44 bits per heavy atom. The smallest absolute Gasteiger partial charge is 0.230 e. The Labute approximate surface area is 114 Å². The third-order valence-corrected chi connectivity index (χ3v) is 3.24. The minimum Gasteiger partial charge on any atom is -0.393 e. The molecule has 98 valence electrons. The second kappa shape index (κ2) is 7.11. The van der Waals surface area contributed by atoms with Crippen LogP contribution in [0.2, 0.25) is 0 Å². The van der Waals surface area contributed by atoms with Crippen molar-refractivity contribution in [2.45, 2.75) is 33.2 Å². The van der Waals surface area contributed by atoms with Crippen LogP contribution in [0, 0.1) is 12.8 Å². The Morgan fingerprint density at radius 2 is 2.11 bits per heavy atom. The number of nitrogens with one attached hydrogen (secondary N) is 1. The SMILES string of the molecule is CCCC(C(=O)NCc1ccccc1C)C(N)=S. The molecule has 0 spiro atoms. The quantitative estimate of drug-likeness (QED) is 0.775. The van der Waals surface area contributed by atoms with Crippen LogP contribution < -0.4 is 11.1 Å². The van der Waals surface area contributed by atoms with Gasteiger partial charge >= 0.3 is 0 Å². The molecule has 0 saturated carbocycles. The van der Waals surface area contributed by atoms with Crippen molar-refractivity contribution in [3.05, 3.63) is 35.4 Å². The van der Waals surface area contributed by atoms with E-state index in [9.17, 15) is 4.79 Å². The molecule has 1 aromatic rings. The average molecular weight is 264 g/mol. The molecule has 1 rings (SSSR count). The third kappa shape index (κ3) is 4.11. The number of thiocarbonyl (C=S) groups is 1. The molecule has 3 nitrogen and oxygen atoms in total. The second-order valence-corrected chi connectivity index (χ2v) is 4.86. The van der Waals surface area contributed by atoms with Crippen molar-refractivity contribution in [1.82, 2.24) is 5.32 Å². The molecule has 0 fully saturated rings. The van der Waals surface area contributed by atoms with E-state index in [1.807, 2.05) is 38.1 Å². The van der Waals surface area contributed by atoms with Gasteiger partial charge in [-0.05, 0) is 24.5 Å². The molecule has 1 unspecified atom stereocenters. The number of aryl methyl sites for hydroxylation is 1. The second-order valence-electron chi connectivity index (χ2n) is 4.39. The minimum absolute atomic E-state index is 0.0763. The standard InChI is InChI=1S/C14H20N2OS/c1-3-6-12(13(15)18)14(17)16-9-11-8-5-4-7-10(11)2/h4-5,7-8,12H,3,6,9H2,1-2H3,(H2,15,18)(H,16,17). The molecule has 0 bridgehead atoms. The van der Waals surface area contributed by atoms with Crippen molar-refractivity contribution in [3.8, 4) is 0 Å². The van der Waals surface area contributed by atoms with Gasteiger partial charge in [-0.3, -0.25) is 4.79 Å². The number of amides is 1. The largest absolute Gasteiger partial charge is 0.393 e. The van der Waals surface area contributed by atoms with E-state index >= 15 is 0 Å². The summed E-state index contributed by atoms with van der Waals surface area (Å²) in [6.07, 6.45) is 1.59. The first kappa shape index (κ1) is 14.6. The molecule has 0 saturated heterocycles. The zero-order valence-corrected chi connectivity index (χ0v) is 11.7. The maximum Gasteiger partial charge on any atom is 0.230 e. The molecule has 0 aliphatic rings. The van der Waals surface area contributed by atoms with Gasteiger partial charge in [-0.15, -0.1) is 0 Å². The van der Waals surface area contributed by atoms with Gasteiger partial charge < -0.3 is 11.1 Å². The highest BCUT2D eigenvalue weighted by molar-refractivity contribution is 7.80. The lowest BCUT2D eigenvalue weighted by Crippen LogP contribution is -2.37. The zero-order valence-electron chi connectivity index (χ0n) is 10.9. The summed E-state index contributed by atoms with van der Waals surface area (Å²) in [5.74, 6) is -0.429. The van der Waals surface area contributed by atoms with E-state index in [0.717, 1.165) is 12.0 Å². The van der Waals surface area contributed by atoms with E-state index < -0.39 is 0 Å². The molecule has 1 atom stereocenters.